The smallest absolute Gasteiger partial charge is 0.267 e. The van der Waals surface area contributed by atoms with Gasteiger partial charge in [-0.25, -0.2) is 9.97 Å². The lowest BCUT2D eigenvalue weighted by atomic mass is 10.0. The second-order valence-electron chi connectivity index (χ2n) is 5.49. The zero-order valence-electron chi connectivity index (χ0n) is 12.9. The first-order valence-corrected chi connectivity index (χ1v) is 8.30. The molecule has 0 bridgehead atoms. The Morgan fingerprint density at radius 3 is 2.67 bits per heavy atom. The van der Waals surface area contributed by atoms with Gasteiger partial charge in [0.15, 0.2) is 0 Å². The van der Waals surface area contributed by atoms with Crippen LogP contribution in [-0.4, -0.2) is 20.3 Å². The normalized spacial score (nSPS) is 11.0. The molecule has 4 aromatic rings. The summed E-state index contributed by atoms with van der Waals surface area (Å²) in [5.41, 5.74) is 10.6. The molecule has 0 fully saturated rings. The van der Waals surface area contributed by atoms with Crippen LogP contribution in [0.2, 0.25) is 0 Å². The lowest BCUT2D eigenvalue weighted by Gasteiger charge is -2.09. The Morgan fingerprint density at radius 2 is 1.96 bits per heavy atom. The maximum absolute atomic E-state index is 11.6. The minimum absolute atomic E-state index is 0.370. The predicted octanol–water partition coefficient (Wildman–Crippen LogP) is 3.53. The van der Waals surface area contributed by atoms with Crippen molar-refractivity contribution in [3.8, 4) is 21.7 Å². The topological polar surface area (TPSA) is 73.3 Å². The fraction of sp³-hybridized carbons (Fsp3) is 0.0556. The molecule has 0 saturated carbocycles. The number of carbonyl (C=O) groups is 1. The van der Waals surface area contributed by atoms with Gasteiger partial charge in [-0.3, -0.25) is 9.20 Å². The summed E-state index contributed by atoms with van der Waals surface area (Å²) < 4.78 is 1.72. The number of fused-ring (bicyclic) bond motifs is 1. The third kappa shape index (κ3) is 2.37. The van der Waals surface area contributed by atoms with E-state index in [1.165, 1.54) is 6.20 Å². The van der Waals surface area contributed by atoms with E-state index < -0.39 is 5.91 Å². The van der Waals surface area contributed by atoms with E-state index in [0.29, 0.717) is 11.3 Å². The highest BCUT2D eigenvalue weighted by Crippen LogP contribution is 2.33. The lowest BCUT2D eigenvalue weighted by molar-refractivity contribution is 0.0995. The standard InChI is InChI=1S/C18H14N4OS/c1-11-10-24-18(21-11)14-5-3-2-4-13(14)12-6-7-16-20-8-15(17(19)23)22(16)9-12/h2-10H,1H3,(H2,19,23). The number of hydrogen-bond acceptors (Lipinski definition) is 4. The largest absolute Gasteiger partial charge is 0.364 e. The Morgan fingerprint density at radius 1 is 1.17 bits per heavy atom. The maximum Gasteiger partial charge on any atom is 0.267 e. The quantitative estimate of drug-likeness (QED) is 0.623. The van der Waals surface area contributed by atoms with Crippen LogP contribution in [0.4, 0.5) is 0 Å². The van der Waals surface area contributed by atoms with Crippen molar-refractivity contribution < 1.29 is 4.79 Å². The molecule has 0 radical (unpaired) electrons. The Kier molecular flexibility index (Phi) is 3.39. The molecule has 0 spiro atoms. The van der Waals surface area contributed by atoms with E-state index in [4.69, 9.17) is 5.73 Å². The summed E-state index contributed by atoms with van der Waals surface area (Å²) in [5, 5.41) is 3.01. The number of carbonyl (C=O) groups excluding carboxylic acids is 1. The van der Waals surface area contributed by atoms with E-state index in [1.54, 1.807) is 15.7 Å². The van der Waals surface area contributed by atoms with Crippen molar-refractivity contribution in [2.45, 2.75) is 6.92 Å². The minimum Gasteiger partial charge on any atom is -0.364 e. The van der Waals surface area contributed by atoms with Gasteiger partial charge in [0, 0.05) is 22.8 Å². The Bertz CT molecular complexity index is 1060. The number of nitrogens with zero attached hydrogens (tertiary/aromatic N) is 3. The summed E-state index contributed by atoms with van der Waals surface area (Å²) in [6.07, 6.45) is 3.39. The Hall–Kier alpha value is -2.99. The number of primary amides is 1. The number of hydrogen-bond donors (Lipinski definition) is 1. The van der Waals surface area contributed by atoms with Gasteiger partial charge in [0.2, 0.25) is 0 Å². The van der Waals surface area contributed by atoms with Crippen molar-refractivity contribution in [2.24, 2.45) is 5.73 Å². The number of thiazole rings is 1. The third-order valence-electron chi connectivity index (χ3n) is 3.85. The number of imidazole rings is 1. The highest BCUT2D eigenvalue weighted by molar-refractivity contribution is 7.13. The molecule has 0 aliphatic carbocycles. The van der Waals surface area contributed by atoms with Gasteiger partial charge < -0.3 is 5.73 Å². The first-order chi connectivity index (χ1) is 11.6. The van der Waals surface area contributed by atoms with Crippen LogP contribution in [0.15, 0.2) is 54.2 Å². The van der Waals surface area contributed by atoms with E-state index in [9.17, 15) is 4.79 Å². The van der Waals surface area contributed by atoms with E-state index in [0.717, 1.165) is 27.4 Å². The molecule has 118 valence electrons. The molecule has 0 atom stereocenters. The number of pyridine rings is 1. The number of amides is 1. The molecule has 5 nitrogen and oxygen atoms in total. The Labute approximate surface area is 142 Å². The van der Waals surface area contributed by atoms with Crippen molar-refractivity contribution in [1.82, 2.24) is 14.4 Å². The van der Waals surface area contributed by atoms with Crippen molar-refractivity contribution in [3.63, 3.8) is 0 Å². The molecular weight excluding hydrogens is 320 g/mol. The molecule has 4 rings (SSSR count). The van der Waals surface area contributed by atoms with Crippen molar-refractivity contribution in [2.75, 3.05) is 0 Å². The fourth-order valence-corrected chi connectivity index (χ4v) is 3.56. The molecule has 0 saturated heterocycles. The molecule has 0 aliphatic rings. The van der Waals surface area contributed by atoms with E-state index >= 15 is 0 Å². The molecule has 1 aromatic carbocycles. The summed E-state index contributed by atoms with van der Waals surface area (Å²) in [5.74, 6) is -0.497. The van der Waals surface area contributed by atoms with Gasteiger partial charge in [-0.1, -0.05) is 24.3 Å². The SMILES string of the molecule is Cc1csc(-c2ccccc2-c2ccc3ncc(C(N)=O)n3c2)n1. The van der Waals surface area contributed by atoms with Gasteiger partial charge in [-0.15, -0.1) is 11.3 Å². The van der Waals surface area contributed by atoms with Crippen LogP contribution in [0, 0.1) is 6.92 Å². The Balaban J connectivity index is 1.92. The number of aryl methyl sites for hydroxylation is 1. The van der Waals surface area contributed by atoms with Gasteiger partial charge >= 0.3 is 0 Å². The van der Waals surface area contributed by atoms with E-state index in [-0.39, 0.29) is 0 Å². The maximum atomic E-state index is 11.6. The van der Waals surface area contributed by atoms with Crippen LogP contribution in [0.3, 0.4) is 0 Å². The van der Waals surface area contributed by atoms with Crippen LogP contribution in [0.5, 0.6) is 0 Å². The zero-order valence-corrected chi connectivity index (χ0v) is 13.7. The summed E-state index contributed by atoms with van der Waals surface area (Å²) >= 11 is 1.62. The second kappa shape index (κ2) is 5.58. The summed E-state index contributed by atoms with van der Waals surface area (Å²) in [7, 11) is 0. The highest BCUT2D eigenvalue weighted by atomic mass is 32.1. The molecule has 0 unspecified atom stereocenters. The van der Waals surface area contributed by atoms with Crippen molar-refractivity contribution >= 4 is 22.9 Å². The van der Waals surface area contributed by atoms with E-state index in [1.807, 2.05) is 48.8 Å². The average molecular weight is 334 g/mol. The first kappa shape index (κ1) is 14.6. The van der Waals surface area contributed by atoms with E-state index in [2.05, 4.69) is 16.0 Å². The average Bonchev–Trinajstić information content (AvgIpc) is 3.20. The number of rotatable bonds is 3. The highest BCUT2D eigenvalue weighted by Gasteiger charge is 2.13. The van der Waals surface area contributed by atoms with Gasteiger partial charge in [-0.05, 0) is 30.2 Å². The van der Waals surface area contributed by atoms with Crippen LogP contribution < -0.4 is 5.73 Å². The van der Waals surface area contributed by atoms with Gasteiger partial charge in [0.25, 0.3) is 5.91 Å². The summed E-state index contributed by atoms with van der Waals surface area (Å²) in [4.78, 5) is 20.4. The third-order valence-corrected chi connectivity index (χ3v) is 4.84. The summed E-state index contributed by atoms with van der Waals surface area (Å²) in [6, 6.07) is 12.0. The molecule has 2 N–H and O–H groups in total. The molecule has 24 heavy (non-hydrogen) atoms. The number of aromatic nitrogens is 3. The van der Waals surface area contributed by atoms with Crippen molar-refractivity contribution in [3.05, 3.63) is 65.6 Å². The first-order valence-electron chi connectivity index (χ1n) is 7.42. The van der Waals surface area contributed by atoms with Gasteiger partial charge in [0.05, 0.1) is 6.20 Å². The minimum atomic E-state index is -0.497. The number of nitrogens with two attached hydrogens (primary N) is 1. The van der Waals surface area contributed by atoms with Crippen LogP contribution in [-0.2, 0) is 0 Å². The van der Waals surface area contributed by atoms with Crippen LogP contribution in [0.25, 0.3) is 27.3 Å². The lowest BCUT2D eigenvalue weighted by Crippen LogP contribution is -2.13. The molecule has 1 amide bonds. The molecular formula is C18H14N4OS. The van der Waals surface area contributed by atoms with Gasteiger partial charge in [-0.2, -0.15) is 0 Å². The molecule has 3 heterocycles. The second-order valence-corrected chi connectivity index (χ2v) is 6.35. The van der Waals surface area contributed by atoms with Crippen LogP contribution in [0.1, 0.15) is 16.2 Å². The zero-order chi connectivity index (χ0) is 16.7. The molecule has 6 heteroatoms. The monoisotopic (exact) mass is 334 g/mol. The van der Waals surface area contributed by atoms with Crippen LogP contribution >= 0.6 is 11.3 Å². The fourth-order valence-electron chi connectivity index (χ4n) is 2.72. The van der Waals surface area contributed by atoms with Crippen molar-refractivity contribution in [1.29, 1.82) is 0 Å². The molecule has 0 aliphatic heterocycles. The predicted molar refractivity (Wildman–Crippen MR) is 95.0 cm³/mol. The summed E-state index contributed by atoms with van der Waals surface area (Å²) in [6.45, 7) is 1.99. The molecule has 3 aromatic heterocycles. The number of benzene rings is 1. The van der Waals surface area contributed by atoms with Gasteiger partial charge in [0.1, 0.15) is 16.3 Å².